The first-order chi connectivity index (χ1) is 8.66. The molecular weight excluding hydrogens is 238 g/mol. The first kappa shape index (κ1) is 12.7. The molecule has 1 aliphatic rings. The number of likely N-dealkylation sites (tertiary alicyclic amines) is 1. The normalized spacial score (nSPS) is 16.4. The second-order valence-electron chi connectivity index (χ2n) is 4.39. The lowest BCUT2D eigenvalue weighted by Crippen LogP contribution is -2.32. The number of amides is 1. The Balaban J connectivity index is 1.87. The number of ether oxygens (including phenoxy) is 1. The van der Waals surface area contributed by atoms with Crippen LogP contribution in [0.15, 0.2) is 13.6 Å². The van der Waals surface area contributed by atoms with Crippen molar-refractivity contribution in [1.82, 2.24) is 4.90 Å². The monoisotopic (exact) mass is 255 g/mol. The zero-order valence-electron chi connectivity index (χ0n) is 10.4. The standard InChI is InChI=1S/C12H17NO5/c1-9-10(18-12(15)17-9)8-16-11(14)13-6-4-2-3-5-7-13/h2-8H2,1H3. The van der Waals surface area contributed by atoms with Crippen LogP contribution in [-0.4, -0.2) is 24.1 Å². The van der Waals surface area contributed by atoms with Crippen LogP contribution in [-0.2, 0) is 11.3 Å². The van der Waals surface area contributed by atoms with Gasteiger partial charge in [0.15, 0.2) is 18.1 Å². The van der Waals surface area contributed by atoms with Gasteiger partial charge in [0.1, 0.15) is 0 Å². The van der Waals surface area contributed by atoms with E-state index >= 15 is 0 Å². The van der Waals surface area contributed by atoms with Gasteiger partial charge >= 0.3 is 11.9 Å². The third-order valence-electron chi connectivity index (χ3n) is 3.03. The summed E-state index contributed by atoms with van der Waals surface area (Å²) < 4.78 is 14.6. The third kappa shape index (κ3) is 3.15. The number of hydrogen-bond acceptors (Lipinski definition) is 5. The van der Waals surface area contributed by atoms with Crippen LogP contribution in [0.5, 0.6) is 0 Å². The highest BCUT2D eigenvalue weighted by Crippen LogP contribution is 2.12. The smallest absolute Gasteiger partial charge is 0.441 e. The molecule has 0 bridgehead atoms. The molecule has 18 heavy (non-hydrogen) atoms. The van der Waals surface area contributed by atoms with Crippen LogP contribution in [0.25, 0.3) is 0 Å². The van der Waals surface area contributed by atoms with E-state index in [1.54, 1.807) is 11.8 Å². The Morgan fingerprint density at radius 1 is 1.22 bits per heavy atom. The van der Waals surface area contributed by atoms with Crippen molar-refractivity contribution in [3.05, 3.63) is 22.1 Å². The fraction of sp³-hybridized carbons (Fsp3) is 0.667. The summed E-state index contributed by atoms with van der Waals surface area (Å²) in [6.07, 6.45) is 3.96. The Labute approximate surface area is 105 Å². The van der Waals surface area contributed by atoms with E-state index in [2.05, 4.69) is 4.42 Å². The quantitative estimate of drug-likeness (QED) is 0.808. The number of carbonyl (C=O) groups excluding carboxylic acids is 1. The molecule has 1 amide bonds. The van der Waals surface area contributed by atoms with Crippen LogP contribution in [0.4, 0.5) is 4.79 Å². The predicted octanol–water partition coefficient (Wildman–Crippen LogP) is 2.05. The molecule has 100 valence electrons. The zero-order chi connectivity index (χ0) is 13.0. The highest BCUT2D eigenvalue weighted by molar-refractivity contribution is 5.67. The van der Waals surface area contributed by atoms with Gasteiger partial charge in [-0.3, -0.25) is 0 Å². The second kappa shape index (κ2) is 5.75. The Morgan fingerprint density at radius 2 is 1.89 bits per heavy atom. The minimum atomic E-state index is -0.770. The van der Waals surface area contributed by atoms with Gasteiger partial charge in [-0.2, -0.15) is 0 Å². The molecule has 2 rings (SSSR count). The van der Waals surface area contributed by atoms with Crippen LogP contribution in [0.1, 0.15) is 37.2 Å². The summed E-state index contributed by atoms with van der Waals surface area (Å²) in [5.74, 6) is -0.153. The first-order valence-electron chi connectivity index (χ1n) is 6.18. The van der Waals surface area contributed by atoms with E-state index in [0.717, 1.165) is 38.8 Å². The van der Waals surface area contributed by atoms with Crippen molar-refractivity contribution < 1.29 is 18.4 Å². The summed E-state index contributed by atoms with van der Waals surface area (Å²) in [6, 6.07) is 0. The van der Waals surface area contributed by atoms with Crippen molar-refractivity contribution >= 4 is 6.09 Å². The highest BCUT2D eigenvalue weighted by Gasteiger charge is 2.18. The maximum Gasteiger partial charge on any atom is 0.519 e. The Hall–Kier alpha value is -1.72. The predicted molar refractivity (Wildman–Crippen MR) is 62.2 cm³/mol. The molecule has 0 spiro atoms. The lowest BCUT2D eigenvalue weighted by atomic mass is 10.2. The van der Waals surface area contributed by atoms with Crippen LogP contribution in [0.2, 0.25) is 0 Å². The summed E-state index contributed by atoms with van der Waals surface area (Å²) in [4.78, 5) is 24.3. The maximum atomic E-state index is 11.8. The molecule has 0 aromatic carbocycles. The van der Waals surface area contributed by atoms with Crippen molar-refractivity contribution in [2.24, 2.45) is 0 Å². The number of aryl methyl sites for hydroxylation is 1. The van der Waals surface area contributed by atoms with Gasteiger partial charge in [0, 0.05) is 13.1 Å². The molecule has 6 nitrogen and oxygen atoms in total. The topological polar surface area (TPSA) is 72.9 Å². The molecule has 1 aliphatic heterocycles. The molecule has 1 aromatic heterocycles. The Bertz CT molecular complexity index is 453. The van der Waals surface area contributed by atoms with Gasteiger partial charge in [0.25, 0.3) is 0 Å². The van der Waals surface area contributed by atoms with E-state index in [-0.39, 0.29) is 18.5 Å². The first-order valence-corrected chi connectivity index (χ1v) is 6.18. The number of carbonyl (C=O) groups is 1. The van der Waals surface area contributed by atoms with Crippen LogP contribution in [0.3, 0.4) is 0 Å². The van der Waals surface area contributed by atoms with Gasteiger partial charge < -0.3 is 18.5 Å². The maximum absolute atomic E-state index is 11.8. The largest absolute Gasteiger partial charge is 0.519 e. The summed E-state index contributed by atoms with van der Waals surface area (Å²) in [6.45, 7) is 2.99. The number of nitrogens with zero attached hydrogens (tertiary/aromatic N) is 1. The van der Waals surface area contributed by atoms with Crippen LogP contribution < -0.4 is 5.82 Å². The molecule has 0 atom stereocenters. The number of rotatable bonds is 2. The Kier molecular flexibility index (Phi) is 4.07. The molecule has 0 radical (unpaired) electrons. The van der Waals surface area contributed by atoms with Crippen LogP contribution in [0, 0.1) is 6.92 Å². The van der Waals surface area contributed by atoms with E-state index in [4.69, 9.17) is 9.15 Å². The second-order valence-corrected chi connectivity index (χ2v) is 4.39. The van der Waals surface area contributed by atoms with Gasteiger partial charge in [-0.25, -0.2) is 9.59 Å². The van der Waals surface area contributed by atoms with Gasteiger partial charge in [0.05, 0.1) is 0 Å². The van der Waals surface area contributed by atoms with Gasteiger partial charge in [-0.05, 0) is 19.8 Å². The number of hydrogen-bond donors (Lipinski definition) is 0. The molecule has 0 unspecified atom stereocenters. The van der Waals surface area contributed by atoms with Gasteiger partial charge in [0.2, 0.25) is 0 Å². The molecule has 2 heterocycles. The summed E-state index contributed by atoms with van der Waals surface area (Å²) in [5, 5.41) is 0. The van der Waals surface area contributed by atoms with Gasteiger partial charge in [-0.1, -0.05) is 12.8 Å². The van der Waals surface area contributed by atoms with Crippen molar-refractivity contribution in [2.75, 3.05) is 13.1 Å². The average molecular weight is 255 g/mol. The molecular formula is C12H17NO5. The van der Waals surface area contributed by atoms with E-state index < -0.39 is 5.82 Å². The minimum Gasteiger partial charge on any atom is -0.441 e. The highest BCUT2D eigenvalue weighted by atomic mass is 16.6. The van der Waals surface area contributed by atoms with Crippen molar-refractivity contribution in [2.45, 2.75) is 39.2 Å². The molecule has 1 fully saturated rings. The van der Waals surface area contributed by atoms with E-state index in [1.165, 1.54) is 0 Å². The average Bonchev–Trinajstić information content (AvgIpc) is 2.59. The van der Waals surface area contributed by atoms with Crippen LogP contribution >= 0.6 is 0 Å². The molecule has 6 heteroatoms. The third-order valence-corrected chi connectivity index (χ3v) is 3.03. The molecule has 0 saturated carbocycles. The molecule has 0 N–H and O–H groups in total. The molecule has 1 saturated heterocycles. The summed E-state index contributed by atoms with van der Waals surface area (Å²) in [5.41, 5.74) is 0. The Morgan fingerprint density at radius 3 is 2.44 bits per heavy atom. The van der Waals surface area contributed by atoms with Gasteiger partial charge in [-0.15, -0.1) is 0 Å². The van der Waals surface area contributed by atoms with E-state index in [9.17, 15) is 9.59 Å². The lowest BCUT2D eigenvalue weighted by Gasteiger charge is -2.19. The SMILES string of the molecule is Cc1oc(=O)oc1COC(=O)N1CCCCCC1. The summed E-state index contributed by atoms with van der Waals surface area (Å²) in [7, 11) is 0. The van der Waals surface area contributed by atoms with Crippen molar-refractivity contribution in [3.8, 4) is 0 Å². The zero-order valence-corrected chi connectivity index (χ0v) is 10.4. The van der Waals surface area contributed by atoms with E-state index in [0.29, 0.717) is 5.76 Å². The van der Waals surface area contributed by atoms with E-state index in [1.807, 2.05) is 0 Å². The lowest BCUT2D eigenvalue weighted by molar-refractivity contribution is 0.0905. The summed E-state index contributed by atoms with van der Waals surface area (Å²) >= 11 is 0. The van der Waals surface area contributed by atoms with Crippen molar-refractivity contribution in [3.63, 3.8) is 0 Å². The molecule has 1 aromatic rings. The molecule has 0 aliphatic carbocycles. The fourth-order valence-corrected chi connectivity index (χ4v) is 1.98. The fourth-order valence-electron chi connectivity index (χ4n) is 1.98. The minimum absolute atomic E-state index is 0.0626. The van der Waals surface area contributed by atoms with Crippen molar-refractivity contribution in [1.29, 1.82) is 0 Å².